The number of carbonyl (C=O) groups is 1. The number of hydrogen-bond donors (Lipinski definition) is 1. The molecular formula is C14H13NO4S2. The topological polar surface area (TPSA) is 74.7 Å². The predicted molar refractivity (Wildman–Crippen MR) is 79.0 cm³/mol. The molecule has 7 heteroatoms. The number of aromatic carboxylic acids is 1. The van der Waals surface area contributed by atoms with Crippen LogP contribution < -0.4 is 0 Å². The molecule has 1 aromatic heterocycles. The van der Waals surface area contributed by atoms with E-state index in [4.69, 9.17) is 5.11 Å². The van der Waals surface area contributed by atoms with E-state index in [1.807, 2.05) is 0 Å². The lowest BCUT2D eigenvalue weighted by Crippen LogP contribution is -2.35. The first-order chi connectivity index (χ1) is 9.98. The molecule has 2 aromatic rings. The van der Waals surface area contributed by atoms with Gasteiger partial charge in [0.25, 0.3) is 10.0 Å². The van der Waals surface area contributed by atoms with E-state index in [1.54, 1.807) is 35.7 Å². The van der Waals surface area contributed by atoms with E-state index in [9.17, 15) is 13.2 Å². The summed E-state index contributed by atoms with van der Waals surface area (Å²) in [6.07, 6.45) is 0.597. The fraction of sp³-hybridized carbons (Fsp3) is 0.214. The molecule has 1 aliphatic heterocycles. The van der Waals surface area contributed by atoms with E-state index in [-0.39, 0.29) is 12.1 Å². The number of nitrogens with zero attached hydrogens (tertiary/aromatic N) is 1. The van der Waals surface area contributed by atoms with E-state index >= 15 is 0 Å². The molecule has 0 saturated carbocycles. The average Bonchev–Trinajstić information content (AvgIpc) is 3.01. The fourth-order valence-corrected chi connectivity index (χ4v) is 4.97. The lowest BCUT2D eigenvalue weighted by atomic mass is 9.99. The monoisotopic (exact) mass is 323 g/mol. The van der Waals surface area contributed by atoms with Crippen molar-refractivity contribution >= 4 is 27.3 Å². The van der Waals surface area contributed by atoms with Crippen LogP contribution in [0.25, 0.3) is 0 Å². The van der Waals surface area contributed by atoms with Gasteiger partial charge in [-0.3, -0.25) is 0 Å². The van der Waals surface area contributed by atoms with Crippen molar-refractivity contribution < 1.29 is 18.3 Å². The van der Waals surface area contributed by atoms with Crippen LogP contribution in [-0.2, 0) is 23.0 Å². The first-order valence-corrected chi connectivity index (χ1v) is 8.69. The average molecular weight is 323 g/mol. The number of hydrogen-bond acceptors (Lipinski definition) is 4. The van der Waals surface area contributed by atoms with E-state index in [2.05, 4.69) is 0 Å². The Morgan fingerprint density at radius 2 is 2.05 bits per heavy atom. The molecule has 3 rings (SSSR count). The van der Waals surface area contributed by atoms with Gasteiger partial charge in [-0.15, -0.1) is 11.3 Å². The Bertz CT molecular complexity index is 781. The summed E-state index contributed by atoms with van der Waals surface area (Å²) in [6.45, 7) is 0.635. The molecule has 0 atom stereocenters. The van der Waals surface area contributed by atoms with E-state index in [1.165, 1.54) is 15.6 Å². The zero-order valence-electron chi connectivity index (χ0n) is 11.0. The van der Waals surface area contributed by atoms with Crippen LogP contribution in [0.5, 0.6) is 0 Å². The molecule has 1 aliphatic rings. The van der Waals surface area contributed by atoms with Gasteiger partial charge in [-0.2, -0.15) is 4.31 Å². The van der Waals surface area contributed by atoms with Gasteiger partial charge in [0.2, 0.25) is 0 Å². The fourth-order valence-electron chi connectivity index (χ4n) is 2.41. The molecule has 5 nitrogen and oxygen atoms in total. The summed E-state index contributed by atoms with van der Waals surface area (Å²) in [5.74, 6) is -1.00. The number of sulfonamides is 1. The molecule has 0 fully saturated rings. The molecule has 0 aliphatic carbocycles. The number of carboxylic acid groups (broad SMARTS) is 1. The van der Waals surface area contributed by atoms with Gasteiger partial charge in [0.15, 0.2) is 0 Å². The second-order valence-corrected chi connectivity index (χ2v) is 7.92. The van der Waals surface area contributed by atoms with Gasteiger partial charge in [-0.25, -0.2) is 13.2 Å². The third-order valence-electron chi connectivity index (χ3n) is 3.52. The van der Waals surface area contributed by atoms with Crippen molar-refractivity contribution in [2.45, 2.75) is 17.2 Å². The SMILES string of the molecule is O=C(O)c1ccc2c(c1)CN(S(=O)(=O)c1cccs1)CC2. The molecule has 1 N–H and O–H groups in total. The van der Waals surface area contributed by atoms with E-state index in [0.29, 0.717) is 17.2 Å². The van der Waals surface area contributed by atoms with Crippen molar-refractivity contribution in [2.75, 3.05) is 6.54 Å². The summed E-state index contributed by atoms with van der Waals surface area (Å²) in [4.78, 5) is 11.0. The van der Waals surface area contributed by atoms with Gasteiger partial charge < -0.3 is 5.11 Å². The van der Waals surface area contributed by atoms with Crippen molar-refractivity contribution in [2.24, 2.45) is 0 Å². The smallest absolute Gasteiger partial charge is 0.335 e. The zero-order chi connectivity index (χ0) is 15.0. The number of rotatable bonds is 3. The molecule has 2 heterocycles. The van der Waals surface area contributed by atoms with Gasteiger partial charge >= 0.3 is 5.97 Å². The maximum atomic E-state index is 12.5. The molecule has 0 amide bonds. The molecule has 0 radical (unpaired) electrons. The van der Waals surface area contributed by atoms with Crippen molar-refractivity contribution in [3.8, 4) is 0 Å². The molecule has 21 heavy (non-hydrogen) atoms. The van der Waals surface area contributed by atoms with Gasteiger partial charge in [-0.05, 0) is 41.1 Å². The van der Waals surface area contributed by atoms with Crippen LogP contribution in [0, 0.1) is 0 Å². The third kappa shape index (κ3) is 2.59. The van der Waals surface area contributed by atoms with Crippen molar-refractivity contribution in [1.29, 1.82) is 0 Å². The Hall–Kier alpha value is -1.70. The van der Waals surface area contributed by atoms with Gasteiger partial charge in [0.1, 0.15) is 4.21 Å². The van der Waals surface area contributed by atoms with Gasteiger partial charge in [0, 0.05) is 13.1 Å². The number of carboxylic acids is 1. The number of benzene rings is 1. The Kier molecular flexibility index (Phi) is 3.56. The highest BCUT2D eigenvalue weighted by atomic mass is 32.2. The summed E-state index contributed by atoms with van der Waals surface area (Å²) >= 11 is 1.19. The van der Waals surface area contributed by atoms with E-state index < -0.39 is 16.0 Å². The maximum absolute atomic E-state index is 12.5. The summed E-state index contributed by atoms with van der Waals surface area (Å²) in [7, 11) is -3.49. The van der Waals surface area contributed by atoms with Crippen LogP contribution in [0.1, 0.15) is 21.5 Å². The van der Waals surface area contributed by atoms with Crippen LogP contribution in [-0.4, -0.2) is 30.3 Å². The summed E-state index contributed by atoms with van der Waals surface area (Å²) in [5, 5.41) is 10.8. The molecule has 110 valence electrons. The third-order valence-corrected chi connectivity index (χ3v) is 6.74. The summed E-state index contributed by atoms with van der Waals surface area (Å²) in [5.41, 5.74) is 1.96. The number of thiophene rings is 1. The first-order valence-electron chi connectivity index (χ1n) is 6.37. The highest BCUT2D eigenvalue weighted by Crippen LogP contribution is 2.27. The Labute approximate surface area is 126 Å². The minimum Gasteiger partial charge on any atom is -0.478 e. The Morgan fingerprint density at radius 1 is 1.24 bits per heavy atom. The molecule has 0 saturated heterocycles. The maximum Gasteiger partial charge on any atom is 0.335 e. The van der Waals surface area contributed by atoms with Gasteiger partial charge in [0.05, 0.1) is 5.56 Å². The summed E-state index contributed by atoms with van der Waals surface area (Å²) in [6, 6.07) is 8.19. The minimum absolute atomic E-state index is 0.184. The highest BCUT2D eigenvalue weighted by Gasteiger charge is 2.29. The van der Waals surface area contributed by atoms with Crippen LogP contribution in [0.3, 0.4) is 0 Å². The standard InChI is InChI=1S/C14H13NO4S2/c16-14(17)11-4-3-10-5-6-15(9-12(10)8-11)21(18,19)13-2-1-7-20-13/h1-4,7-8H,5-6,9H2,(H,16,17). The quantitative estimate of drug-likeness (QED) is 0.939. The first kappa shape index (κ1) is 14.2. The normalized spacial score (nSPS) is 15.6. The Balaban J connectivity index is 1.94. The molecule has 1 aromatic carbocycles. The van der Waals surface area contributed by atoms with Crippen LogP contribution in [0.4, 0.5) is 0 Å². The minimum atomic E-state index is -3.49. The zero-order valence-corrected chi connectivity index (χ0v) is 12.7. The lowest BCUT2D eigenvalue weighted by molar-refractivity contribution is 0.0696. The largest absolute Gasteiger partial charge is 0.478 e. The van der Waals surface area contributed by atoms with Crippen LogP contribution >= 0.6 is 11.3 Å². The Morgan fingerprint density at radius 3 is 2.71 bits per heavy atom. The van der Waals surface area contributed by atoms with Crippen LogP contribution in [0.2, 0.25) is 0 Å². The lowest BCUT2D eigenvalue weighted by Gasteiger charge is -2.27. The number of fused-ring (bicyclic) bond motifs is 1. The molecule has 0 spiro atoms. The van der Waals surface area contributed by atoms with Crippen molar-refractivity contribution in [3.63, 3.8) is 0 Å². The van der Waals surface area contributed by atoms with E-state index in [0.717, 1.165) is 11.1 Å². The molecule has 0 bridgehead atoms. The van der Waals surface area contributed by atoms with Crippen molar-refractivity contribution in [3.05, 3.63) is 52.4 Å². The molecule has 0 unspecified atom stereocenters. The second-order valence-electron chi connectivity index (χ2n) is 4.81. The van der Waals surface area contributed by atoms with Crippen molar-refractivity contribution in [1.82, 2.24) is 4.31 Å². The summed E-state index contributed by atoms with van der Waals surface area (Å²) < 4.78 is 26.7. The highest BCUT2D eigenvalue weighted by molar-refractivity contribution is 7.91. The van der Waals surface area contributed by atoms with Crippen LogP contribution in [0.15, 0.2) is 39.9 Å². The predicted octanol–water partition coefficient (Wildman–Crippen LogP) is 2.19. The molecular weight excluding hydrogens is 310 g/mol. The second kappa shape index (κ2) is 5.25. The van der Waals surface area contributed by atoms with Gasteiger partial charge in [-0.1, -0.05) is 12.1 Å².